The smallest absolute Gasteiger partial charge is 0.255 e. The minimum Gasteiger partial charge on any atom is -0.508 e. The van der Waals surface area contributed by atoms with Crippen LogP contribution in [0.15, 0.2) is 40.9 Å². The second-order valence-electron chi connectivity index (χ2n) is 3.82. The average Bonchev–Trinajstić information content (AvgIpc) is 2.32. The molecule has 0 saturated heterocycles. The number of carbonyl (C=O) groups is 1. The fourth-order valence-electron chi connectivity index (χ4n) is 1.50. The maximum absolute atomic E-state index is 11.9. The molecule has 19 heavy (non-hydrogen) atoms. The normalized spacial score (nSPS) is 10.2. The Bertz CT molecular complexity index is 626. The van der Waals surface area contributed by atoms with Crippen molar-refractivity contribution in [3.63, 3.8) is 0 Å². The zero-order chi connectivity index (χ0) is 14.0. The van der Waals surface area contributed by atoms with Gasteiger partial charge in [-0.3, -0.25) is 4.79 Å². The quantitative estimate of drug-likeness (QED) is 0.778. The van der Waals surface area contributed by atoms with Crippen LogP contribution in [0, 0.1) is 0 Å². The van der Waals surface area contributed by atoms with Crippen molar-refractivity contribution >= 4 is 39.1 Å². The first-order valence-corrected chi connectivity index (χ1v) is 6.42. The van der Waals surface area contributed by atoms with Crippen molar-refractivity contribution in [2.75, 3.05) is 5.32 Å². The number of carbonyl (C=O) groups excluding carboxylic acids is 1. The molecule has 0 spiro atoms. The Hall–Kier alpha value is -1.72. The Morgan fingerprint density at radius 3 is 2.32 bits per heavy atom. The van der Waals surface area contributed by atoms with Crippen LogP contribution in [0.1, 0.15) is 10.4 Å². The summed E-state index contributed by atoms with van der Waals surface area (Å²) in [6, 6.07) is 8.64. The van der Waals surface area contributed by atoms with E-state index in [9.17, 15) is 15.0 Å². The van der Waals surface area contributed by atoms with Gasteiger partial charge in [0.1, 0.15) is 11.5 Å². The monoisotopic (exact) mass is 341 g/mol. The zero-order valence-corrected chi connectivity index (χ0v) is 11.9. The maximum atomic E-state index is 11.9. The van der Waals surface area contributed by atoms with Crippen LogP contribution in [0.3, 0.4) is 0 Å². The number of halogens is 2. The topological polar surface area (TPSA) is 69.6 Å². The van der Waals surface area contributed by atoms with Crippen LogP contribution < -0.4 is 5.32 Å². The molecule has 0 radical (unpaired) electrons. The summed E-state index contributed by atoms with van der Waals surface area (Å²) in [4.78, 5) is 11.9. The Balaban J connectivity index is 2.22. The highest BCUT2D eigenvalue weighted by Crippen LogP contribution is 2.26. The lowest BCUT2D eigenvalue weighted by Gasteiger charge is -2.07. The largest absolute Gasteiger partial charge is 0.508 e. The van der Waals surface area contributed by atoms with Crippen LogP contribution in [0.5, 0.6) is 11.5 Å². The highest BCUT2D eigenvalue weighted by atomic mass is 79.9. The van der Waals surface area contributed by atoms with E-state index in [1.54, 1.807) is 18.2 Å². The molecule has 0 aliphatic carbocycles. The molecule has 4 nitrogen and oxygen atoms in total. The summed E-state index contributed by atoms with van der Waals surface area (Å²) in [5.74, 6) is -0.817. The summed E-state index contributed by atoms with van der Waals surface area (Å²) in [5, 5.41) is 21.7. The van der Waals surface area contributed by atoms with E-state index in [1.807, 2.05) is 0 Å². The molecule has 2 aromatic rings. The van der Waals surface area contributed by atoms with Gasteiger partial charge in [-0.05, 0) is 46.3 Å². The third kappa shape index (κ3) is 3.39. The molecule has 0 fully saturated rings. The highest BCUT2D eigenvalue weighted by Gasteiger charge is 2.09. The van der Waals surface area contributed by atoms with Crippen LogP contribution in [-0.2, 0) is 0 Å². The Morgan fingerprint density at radius 1 is 1.11 bits per heavy atom. The van der Waals surface area contributed by atoms with Gasteiger partial charge in [0, 0.05) is 21.8 Å². The lowest BCUT2D eigenvalue weighted by atomic mass is 10.2. The molecule has 6 heteroatoms. The van der Waals surface area contributed by atoms with Gasteiger partial charge in [0.05, 0.1) is 5.02 Å². The van der Waals surface area contributed by atoms with E-state index in [0.717, 1.165) is 10.5 Å². The number of amides is 1. The van der Waals surface area contributed by atoms with Crippen molar-refractivity contribution in [1.29, 1.82) is 0 Å². The summed E-state index contributed by atoms with van der Waals surface area (Å²) < 4.78 is 0.724. The molecule has 3 N–H and O–H groups in total. The van der Waals surface area contributed by atoms with Crippen LogP contribution >= 0.6 is 27.5 Å². The molecule has 2 rings (SSSR count). The number of hydrogen-bond acceptors (Lipinski definition) is 3. The SMILES string of the molecule is O=C(Nc1ccc(Br)c(Cl)c1)c1cc(O)cc(O)c1. The van der Waals surface area contributed by atoms with Crippen molar-refractivity contribution in [2.24, 2.45) is 0 Å². The predicted octanol–water partition coefficient (Wildman–Crippen LogP) is 3.77. The fraction of sp³-hybridized carbons (Fsp3) is 0. The first kappa shape index (κ1) is 13.7. The summed E-state index contributed by atoms with van der Waals surface area (Å²) in [7, 11) is 0. The molecule has 0 heterocycles. The van der Waals surface area contributed by atoms with E-state index < -0.39 is 5.91 Å². The lowest BCUT2D eigenvalue weighted by molar-refractivity contribution is 0.102. The number of nitrogens with one attached hydrogen (secondary N) is 1. The molecule has 0 saturated carbocycles. The van der Waals surface area contributed by atoms with Crippen molar-refractivity contribution in [1.82, 2.24) is 0 Å². The van der Waals surface area contributed by atoms with Crippen molar-refractivity contribution in [2.45, 2.75) is 0 Å². The number of phenolic OH excluding ortho intramolecular Hbond substituents is 2. The molecule has 0 atom stereocenters. The molecule has 1 amide bonds. The number of aromatic hydroxyl groups is 2. The van der Waals surface area contributed by atoms with Crippen molar-refractivity contribution < 1.29 is 15.0 Å². The van der Waals surface area contributed by atoms with Crippen molar-refractivity contribution in [3.8, 4) is 11.5 Å². The molecular weight excluding hydrogens is 334 g/mol. The van der Waals surface area contributed by atoms with Gasteiger partial charge in [-0.15, -0.1) is 0 Å². The van der Waals surface area contributed by atoms with E-state index in [4.69, 9.17) is 11.6 Å². The molecule has 0 bridgehead atoms. The molecule has 98 valence electrons. The summed E-state index contributed by atoms with van der Waals surface area (Å²) in [6.45, 7) is 0. The lowest BCUT2D eigenvalue weighted by Crippen LogP contribution is -2.11. The fourth-order valence-corrected chi connectivity index (χ4v) is 1.93. The van der Waals surface area contributed by atoms with E-state index >= 15 is 0 Å². The minimum absolute atomic E-state index is 0.150. The van der Waals surface area contributed by atoms with Gasteiger partial charge in [-0.1, -0.05) is 11.6 Å². The van der Waals surface area contributed by atoms with Crippen LogP contribution in [0.2, 0.25) is 5.02 Å². The average molecular weight is 343 g/mol. The van der Waals surface area contributed by atoms with E-state index in [1.165, 1.54) is 12.1 Å². The van der Waals surface area contributed by atoms with Gasteiger partial charge in [-0.2, -0.15) is 0 Å². The molecule has 0 aliphatic heterocycles. The summed E-state index contributed by atoms with van der Waals surface area (Å²) in [6.07, 6.45) is 0. The van der Waals surface area contributed by atoms with Gasteiger partial charge in [0.15, 0.2) is 0 Å². The highest BCUT2D eigenvalue weighted by molar-refractivity contribution is 9.10. The van der Waals surface area contributed by atoms with E-state index in [0.29, 0.717) is 10.7 Å². The first-order valence-electron chi connectivity index (χ1n) is 5.25. The van der Waals surface area contributed by atoms with Crippen LogP contribution in [-0.4, -0.2) is 16.1 Å². The number of rotatable bonds is 2. The molecule has 0 unspecified atom stereocenters. The van der Waals surface area contributed by atoms with Gasteiger partial charge < -0.3 is 15.5 Å². The molecule has 0 aromatic heterocycles. The van der Waals surface area contributed by atoms with Gasteiger partial charge >= 0.3 is 0 Å². The Kier molecular flexibility index (Phi) is 3.97. The standard InChI is InChI=1S/C13H9BrClNO3/c14-11-2-1-8(5-12(11)15)16-13(19)7-3-9(17)6-10(18)4-7/h1-6,17-18H,(H,16,19). The number of benzene rings is 2. The Labute approximate surface area is 122 Å². The van der Waals surface area contributed by atoms with E-state index in [-0.39, 0.29) is 17.1 Å². The third-order valence-electron chi connectivity index (χ3n) is 2.34. The Morgan fingerprint density at radius 2 is 1.74 bits per heavy atom. The summed E-state index contributed by atoms with van der Waals surface area (Å²) in [5.41, 5.74) is 0.664. The second kappa shape index (κ2) is 5.50. The van der Waals surface area contributed by atoms with Crippen LogP contribution in [0.25, 0.3) is 0 Å². The van der Waals surface area contributed by atoms with Crippen LogP contribution in [0.4, 0.5) is 5.69 Å². The first-order chi connectivity index (χ1) is 8.95. The van der Waals surface area contributed by atoms with Crippen molar-refractivity contribution in [3.05, 3.63) is 51.5 Å². The number of phenols is 2. The maximum Gasteiger partial charge on any atom is 0.255 e. The third-order valence-corrected chi connectivity index (χ3v) is 3.57. The summed E-state index contributed by atoms with van der Waals surface area (Å²) >= 11 is 9.16. The molecular formula is C13H9BrClNO3. The minimum atomic E-state index is -0.454. The van der Waals surface area contributed by atoms with Gasteiger partial charge in [0.2, 0.25) is 0 Å². The van der Waals surface area contributed by atoms with Gasteiger partial charge in [-0.25, -0.2) is 0 Å². The number of anilines is 1. The molecule has 0 aliphatic rings. The number of hydrogen-bond donors (Lipinski definition) is 3. The second-order valence-corrected chi connectivity index (χ2v) is 5.08. The zero-order valence-electron chi connectivity index (χ0n) is 9.52. The molecule has 2 aromatic carbocycles. The predicted molar refractivity (Wildman–Crippen MR) is 76.9 cm³/mol. The van der Waals surface area contributed by atoms with E-state index in [2.05, 4.69) is 21.2 Å². The van der Waals surface area contributed by atoms with Gasteiger partial charge in [0.25, 0.3) is 5.91 Å².